The molecule has 1 heterocycles. The molecule has 1 aromatic rings. The Kier molecular flexibility index (Phi) is 2.43. The van der Waals surface area contributed by atoms with Crippen LogP contribution in [0.25, 0.3) is 0 Å². The molecule has 8 heteroatoms. The van der Waals surface area contributed by atoms with Crippen LogP contribution in [0.2, 0.25) is 0 Å². The van der Waals surface area contributed by atoms with Crippen molar-refractivity contribution in [3.05, 3.63) is 24.0 Å². The fourth-order valence-corrected chi connectivity index (χ4v) is 1.10. The molecule has 0 aliphatic heterocycles. The minimum atomic E-state index is -4.06. The number of aromatic nitrogens is 1. The summed E-state index contributed by atoms with van der Waals surface area (Å²) < 4.78 is 47.3. The fourth-order valence-electron chi connectivity index (χ4n) is 0.642. The predicted molar refractivity (Wildman–Crippen MR) is 40.9 cm³/mol. The van der Waals surface area contributed by atoms with Crippen LogP contribution in [0.1, 0.15) is 0 Å². The maximum absolute atomic E-state index is 12.6. The lowest BCUT2D eigenvalue weighted by molar-refractivity contribution is 0.515. The van der Waals surface area contributed by atoms with Crippen molar-refractivity contribution < 1.29 is 17.2 Å². The van der Waals surface area contributed by atoms with Crippen molar-refractivity contribution in [3.8, 4) is 0 Å². The van der Waals surface area contributed by atoms with Gasteiger partial charge in [0.2, 0.25) is 11.9 Å². The Hall–Kier alpha value is -1.28. The average Bonchev–Trinajstić information content (AvgIpc) is 1.93. The zero-order valence-electron chi connectivity index (χ0n) is 6.16. The van der Waals surface area contributed by atoms with Crippen molar-refractivity contribution in [2.75, 3.05) is 4.72 Å². The second-order valence-corrected chi connectivity index (χ2v) is 3.41. The van der Waals surface area contributed by atoms with Gasteiger partial charge in [-0.2, -0.15) is 22.2 Å². The van der Waals surface area contributed by atoms with Crippen LogP contribution in [0.4, 0.5) is 14.5 Å². The Morgan fingerprint density at radius 1 is 1.38 bits per heavy atom. The summed E-state index contributed by atoms with van der Waals surface area (Å²) in [5.74, 6) is -2.31. The molecular formula is C5H5F2N3O2S. The molecule has 0 fully saturated rings. The molecule has 0 saturated heterocycles. The monoisotopic (exact) mass is 209 g/mol. The topological polar surface area (TPSA) is 85.1 Å². The van der Waals surface area contributed by atoms with Crippen molar-refractivity contribution >= 4 is 15.9 Å². The molecule has 0 aliphatic rings. The Morgan fingerprint density at radius 3 is 2.46 bits per heavy atom. The molecule has 0 atom stereocenters. The molecule has 0 saturated carbocycles. The minimum Gasteiger partial charge on any atom is -0.267 e. The van der Waals surface area contributed by atoms with E-state index in [1.165, 1.54) is 0 Å². The Labute approximate surface area is 72.8 Å². The van der Waals surface area contributed by atoms with E-state index in [2.05, 4.69) is 10.1 Å². The highest BCUT2D eigenvalue weighted by molar-refractivity contribution is 7.90. The number of nitrogens with two attached hydrogens (primary N) is 1. The van der Waals surface area contributed by atoms with Gasteiger partial charge in [0.05, 0.1) is 0 Å². The van der Waals surface area contributed by atoms with E-state index >= 15 is 0 Å². The smallest absolute Gasteiger partial charge is 0.267 e. The minimum absolute atomic E-state index is 0.496. The lowest BCUT2D eigenvalue weighted by atomic mass is 10.4. The molecule has 0 radical (unpaired) electrons. The lowest BCUT2D eigenvalue weighted by Crippen LogP contribution is -2.22. The van der Waals surface area contributed by atoms with E-state index in [9.17, 15) is 17.2 Å². The van der Waals surface area contributed by atoms with E-state index in [1.54, 1.807) is 4.72 Å². The number of anilines is 1. The fraction of sp³-hybridized carbons (Fsp3) is 0. The van der Waals surface area contributed by atoms with E-state index in [4.69, 9.17) is 0 Å². The second-order valence-electron chi connectivity index (χ2n) is 2.12. The number of hydrogen-bond acceptors (Lipinski definition) is 3. The molecule has 1 rings (SSSR count). The van der Waals surface area contributed by atoms with E-state index in [1.807, 2.05) is 0 Å². The number of nitrogens with zero attached hydrogens (tertiary/aromatic N) is 1. The first-order valence-corrected chi connectivity index (χ1v) is 4.56. The first kappa shape index (κ1) is 9.81. The molecule has 5 nitrogen and oxygen atoms in total. The van der Waals surface area contributed by atoms with Crippen molar-refractivity contribution in [1.29, 1.82) is 0 Å². The van der Waals surface area contributed by atoms with Crippen LogP contribution in [0.15, 0.2) is 12.1 Å². The lowest BCUT2D eigenvalue weighted by Gasteiger charge is -2.02. The first-order valence-electron chi connectivity index (χ1n) is 3.01. The van der Waals surface area contributed by atoms with Crippen LogP contribution in [-0.2, 0) is 10.2 Å². The maximum atomic E-state index is 12.6. The van der Waals surface area contributed by atoms with Gasteiger partial charge in [-0.05, 0) is 12.1 Å². The molecule has 0 spiro atoms. The molecular weight excluding hydrogens is 204 g/mol. The number of hydrogen-bond donors (Lipinski definition) is 2. The van der Waals surface area contributed by atoms with Crippen molar-refractivity contribution in [2.24, 2.45) is 5.14 Å². The number of nitrogens with one attached hydrogen (secondary N) is 1. The quantitative estimate of drug-likeness (QED) is 0.671. The Bertz CT molecular complexity index is 420. The van der Waals surface area contributed by atoms with E-state index in [0.717, 1.165) is 12.1 Å². The van der Waals surface area contributed by atoms with Gasteiger partial charge < -0.3 is 0 Å². The summed E-state index contributed by atoms with van der Waals surface area (Å²) in [6, 6.07) is 1.68. The summed E-state index contributed by atoms with van der Waals surface area (Å²) >= 11 is 0. The van der Waals surface area contributed by atoms with Crippen LogP contribution in [-0.4, -0.2) is 13.4 Å². The van der Waals surface area contributed by atoms with Crippen LogP contribution < -0.4 is 9.86 Å². The number of rotatable bonds is 2. The van der Waals surface area contributed by atoms with Gasteiger partial charge in [0.15, 0.2) is 0 Å². The standard InChI is InChI=1S/C5H5F2N3O2S/c6-4-2-1-3(5(7)9-4)10-13(8,11)12/h1-2,10H,(H2,8,11,12). The van der Waals surface area contributed by atoms with Gasteiger partial charge in [0.1, 0.15) is 5.69 Å². The predicted octanol–water partition coefficient (Wildman–Crippen LogP) is -0.0248. The molecule has 0 amide bonds. The Balaban J connectivity index is 3.04. The van der Waals surface area contributed by atoms with Gasteiger partial charge >= 0.3 is 0 Å². The normalized spacial score (nSPS) is 11.3. The molecule has 0 aliphatic carbocycles. The SMILES string of the molecule is NS(=O)(=O)Nc1ccc(F)nc1F. The molecule has 1 aromatic heterocycles. The first-order chi connectivity index (χ1) is 5.88. The largest absolute Gasteiger partial charge is 0.296 e. The molecule has 0 unspecified atom stereocenters. The van der Waals surface area contributed by atoms with Crippen LogP contribution in [0, 0.1) is 11.9 Å². The van der Waals surface area contributed by atoms with Gasteiger partial charge in [-0.3, -0.25) is 4.72 Å². The van der Waals surface area contributed by atoms with Crippen LogP contribution in [0.5, 0.6) is 0 Å². The summed E-state index contributed by atoms with van der Waals surface area (Å²) in [5.41, 5.74) is -0.496. The number of halogens is 2. The summed E-state index contributed by atoms with van der Waals surface area (Å²) in [4.78, 5) is 2.74. The highest BCUT2D eigenvalue weighted by Crippen LogP contribution is 2.11. The Morgan fingerprint density at radius 2 is 2.00 bits per heavy atom. The third-order valence-electron chi connectivity index (χ3n) is 1.07. The molecule has 13 heavy (non-hydrogen) atoms. The third kappa shape index (κ3) is 2.92. The zero-order chi connectivity index (χ0) is 10.1. The average molecular weight is 209 g/mol. The highest BCUT2D eigenvalue weighted by atomic mass is 32.2. The number of pyridine rings is 1. The van der Waals surface area contributed by atoms with Crippen LogP contribution in [0.3, 0.4) is 0 Å². The van der Waals surface area contributed by atoms with Gasteiger partial charge in [0.25, 0.3) is 10.2 Å². The van der Waals surface area contributed by atoms with Crippen molar-refractivity contribution in [1.82, 2.24) is 4.98 Å². The van der Waals surface area contributed by atoms with Gasteiger partial charge in [-0.25, -0.2) is 5.14 Å². The zero-order valence-corrected chi connectivity index (χ0v) is 6.98. The summed E-state index contributed by atoms with van der Waals surface area (Å²) in [5, 5.41) is 4.55. The summed E-state index contributed by atoms with van der Waals surface area (Å²) in [7, 11) is -4.06. The summed E-state index contributed by atoms with van der Waals surface area (Å²) in [6.07, 6.45) is 0. The van der Waals surface area contributed by atoms with Crippen molar-refractivity contribution in [2.45, 2.75) is 0 Å². The van der Waals surface area contributed by atoms with E-state index in [-0.39, 0.29) is 0 Å². The van der Waals surface area contributed by atoms with Crippen LogP contribution >= 0.6 is 0 Å². The molecule has 3 N–H and O–H groups in total. The molecule has 72 valence electrons. The molecule has 0 aromatic carbocycles. The van der Waals surface area contributed by atoms with Crippen molar-refractivity contribution in [3.63, 3.8) is 0 Å². The van der Waals surface area contributed by atoms with Gasteiger partial charge in [-0.1, -0.05) is 0 Å². The second kappa shape index (κ2) is 3.23. The van der Waals surface area contributed by atoms with E-state index < -0.39 is 27.8 Å². The van der Waals surface area contributed by atoms with E-state index in [0.29, 0.717) is 0 Å². The van der Waals surface area contributed by atoms with Gasteiger partial charge in [-0.15, -0.1) is 0 Å². The maximum Gasteiger partial charge on any atom is 0.296 e. The third-order valence-corrected chi connectivity index (χ3v) is 1.57. The highest BCUT2D eigenvalue weighted by Gasteiger charge is 2.09. The summed E-state index contributed by atoms with van der Waals surface area (Å²) in [6.45, 7) is 0. The van der Waals surface area contributed by atoms with Gasteiger partial charge in [0, 0.05) is 0 Å². The molecule has 0 bridgehead atoms.